The van der Waals surface area contributed by atoms with Crippen molar-refractivity contribution in [2.75, 3.05) is 26.2 Å². The van der Waals surface area contributed by atoms with Crippen LogP contribution in [0.1, 0.15) is 18.1 Å². The number of nitrogens with one attached hydrogen (secondary N) is 1. The molecule has 0 amide bonds. The molecule has 3 nitrogen and oxygen atoms in total. The van der Waals surface area contributed by atoms with Crippen LogP contribution >= 0.6 is 15.9 Å². The Morgan fingerprint density at radius 3 is 2.75 bits per heavy atom. The molecule has 3 rings (SSSR count). The van der Waals surface area contributed by atoms with Gasteiger partial charge in [-0.3, -0.25) is 4.90 Å². The molecule has 1 aliphatic rings. The molecule has 1 saturated heterocycles. The third-order valence-corrected chi connectivity index (χ3v) is 5.17. The second kappa shape index (κ2) is 8.15. The second-order valence-electron chi connectivity index (χ2n) is 6.52. The smallest absolute Gasteiger partial charge is 0.141 e. The Morgan fingerprint density at radius 1 is 1.17 bits per heavy atom. The molecule has 1 atom stereocenters. The fourth-order valence-corrected chi connectivity index (χ4v) is 3.47. The first-order valence-electron chi connectivity index (χ1n) is 8.59. The van der Waals surface area contributed by atoms with Gasteiger partial charge in [0.1, 0.15) is 11.5 Å². The van der Waals surface area contributed by atoms with Crippen LogP contribution in [0.15, 0.2) is 46.9 Å². The first kappa shape index (κ1) is 17.5. The number of rotatable bonds is 5. The number of benzene rings is 2. The predicted molar refractivity (Wildman–Crippen MR) is 103 cm³/mol. The lowest BCUT2D eigenvalue weighted by atomic mass is 10.1. The van der Waals surface area contributed by atoms with E-state index >= 15 is 0 Å². The zero-order valence-electron chi connectivity index (χ0n) is 14.4. The fraction of sp³-hybridized carbons (Fsp3) is 0.400. The Balaban J connectivity index is 1.68. The molecule has 128 valence electrons. The SMILES string of the molecule is Cc1ccc(Br)c(Oc2cccc(C[C@H](C)N3CCNCC3)c2)c1. The summed E-state index contributed by atoms with van der Waals surface area (Å²) in [6.45, 7) is 8.84. The van der Waals surface area contributed by atoms with Crippen LogP contribution in [0, 0.1) is 6.92 Å². The summed E-state index contributed by atoms with van der Waals surface area (Å²) < 4.78 is 7.07. The Bertz CT molecular complexity index is 683. The average Bonchev–Trinajstić information content (AvgIpc) is 2.59. The molecule has 0 aromatic heterocycles. The summed E-state index contributed by atoms with van der Waals surface area (Å²) in [5.74, 6) is 1.76. The molecule has 1 N–H and O–H groups in total. The van der Waals surface area contributed by atoms with Gasteiger partial charge in [0.05, 0.1) is 4.47 Å². The van der Waals surface area contributed by atoms with Crippen LogP contribution in [0.25, 0.3) is 0 Å². The van der Waals surface area contributed by atoms with Crippen molar-refractivity contribution >= 4 is 15.9 Å². The van der Waals surface area contributed by atoms with E-state index in [1.54, 1.807) is 0 Å². The Morgan fingerprint density at radius 2 is 1.96 bits per heavy atom. The highest BCUT2D eigenvalue weighted by Gasteiger charge is 2.16. The highest BCUT2D eigenvalue weighted by Crippen LogP contribution is 2.31. The number of piperazine rings is 1. The molecule has 0 saturated carbocycles. The lowest BCUT2D eigenvalue weighted by molar-refractivity contribution is 0.183. The van der Waals surface area contributed by atoms with E-state index in [9.17, 15) is 0 Å². The minimum atomic E-state index is 0.549. The minimum Gasteiger partial charge on any atom is -0.456 e. The molecule has 4 heteroatoms. The molecular weight excluding hydrogens is 364 g/mol. The summed E-state index contributed by atoms with van der Waals surface area (Å²) in [4.78, 5) is 2.56. The molecule has 0 radical (unpaired) electrons. The van der Waals surface area contributed by atoms with E-state index in [0.717, 1.165) is 48.6 Å². The van der Waals surface area contributed by atoms with Crippen LogP contribution in [0.4, 0.5) is 0 Å². The van der Waals surface area contributed by atoms with Gasteiger partial charge in [-0.15, -0.1) is 0 Å². The van der Waals surface area contributed by atoms with Crippen LogP contribution < -0.4 is 10.1 Å². The van der Waals surface area contributed by atoms with Crippen LogP contribution in [0.5, 0.6) is 11.5 Å². The third kappa shape index (κ3) is 4.59. The van der Waals surface area contributed by atoms with E-state index in [1.165, 1.54) is 11.1 Å². The van der Waals surface area contributed by atoms with Gasteiger partial charge in [-0.05, 0) is 71.6 Å². The largest absolute Gasteiger partial charge is 0.456 e. The van der Waals surface area contributed by atoms with E-state index in [1.807, 2.05) is 12.1 Å². The highest BCUT2D eigenvalue weighted by atomic mass is 79.9. The maximum atomic E-state index is 6.09. The molecule has 2 aromatic carbocycles. The summed E-state index contributed by atoms with van der Waals surface area (Å²) in [5, 5.41) is 3.41. The molecule has 0 spiro atoms. The summed E-state index contributed by atoms with van der Waals surface area (Å²) in [7, 11) is 0. The number of hydrogen-bond donors (Lipinski definition) is 1. The molecule has 0 unspecified atom stereocenters. The maximum absolute atomic E-state index is 6.09. The van der Waals surface area contributed by atoms with E-state index in [4.69, 9.17) is 4.74 Å². The predicted octanol–water partition coefficient (Wildman–Crippen LogP) is 4.39. The van der Waals surface area contributed by atoms with Gasteiger partial charge >= 0.3 is 0 Å². The standard InChI is InChI=1S/C20H25BrN2O/c1-15-6-7-19(21)20(12-15)24-18-5-3-4-17(14-18)13-16(2)23-10-8-22-9-11-23/h3-7,12,14,16,22H,8-11,13H2,1-2H3/t16-/m0/s1. The van der Waals surface area contributed by atoms with E-state index in [2.05, 4.69) is 70.3 Å². The fourth-order valence-electron chi connectivity index (χ4n) is 3.14. The molecule has 2 aromatic rings. The van der Waals surface area contributed by atoms with E-state index in [-0.39, 0.29) is 0 Å². The Hall–Kier alpha value is -1.36. The van der Waals surface area contributed by atoms with E-state index in [0.29, 0.717) is 6.04 Å². The zero-order chi connectivity index (χ0) is 16.9. The summed E-state index contributed by atoms with van der Waals surface area (Å²) in [5.41, 5.74) is 2.51. The van der Waals surface area contributed by atoms with Crippen molar-refractivity contribution in [3.05, 3.63) is 58.1 Å². The number of nitrogens with zero attached hydrogens (tertiary/aromatic N) is 1. The summed E-state index contributed by atoms with van der Waals surface area (Å²) >= 11 is 3.56. The molecule has 1 aliphatic heterocycles. The number of halogens is 1. The van der Waals surface area contributed by atoms with Crippen molar-refractivity contribution in [2.45, 2.75) is 26.3 Å². The monoisotopic (exact) mass is 388 g/mol. The van der Waals surface area contributed by atoms with Gasteiger partial charge in [0.15, 0.2) is 0 Å². The van der Waals surface area contributed by atoms with Gasteiger partial charge in [0, 0.05) is 32.2 Å². The minimum absolute atomic E-state index is 0.549. The van der Waals surface area contributed by atoms with Gasteiger partial charge in [0.2, 0.25) is 0 Å². The van der Waals surface area contributed by atoms with Gasteiger partial charge < -0.3 is 10.1 Å². The van der Waals surface area contributed by atoms with Crippen LogP contribution in [0.3, 0.4) is 0 Å². The second-order valence-corrected chi connectivity index (χ2v) is 7.38. The van der Waals surface area contributed by atoms with Crippen LogP contribution in [0.2, 0.25) is 0 Å². The van der Waals surface area contributed by atoms with E-state index < -0.39 is 0 Å². The van der Waals surface area contributed by atoms with Crippen molar-refractivity contribution in [2.24, 2.45) is 0 Å². The molecule has 1 heterocycles. The molecule has 0 bridgehead atoms. The van der Waals surface area contributed by atoms with Gasteiger partial charge in [-0.25, -0.2) is 0 Å². The van der Waals surface area contributed by atoms with Gasteiger partial charge in [-0.2, -0.15) is 0 Å². The van der Waals surface area contributed by atoms with Crippen LogP contribution in [-0.4, -0.2) is 37.1 Å². The summed E-state index contributed by atoms with van der Waals surface area (Å²) in [6, 6.07) is 15.2. The first-order chi connectivity index (χ1) is 11.6. The van der Waals surface area contributed by atoms with Crippen molar-refractivity contribution in [3.63, 3.8) is 0 Å². The van der Waals surface area contributed by atoms with Crippen molar-refractivity contribution < 1.29 is 4.74 Å². The Kier molecular flexibility index (Phi) is 5.93. The third-order valence-electron chi connectivity index (χ3n) is 4.52. The molecule has 24 heavy (non-hydrogen) atoms. The summed E-state index contributed by atoms with van der Waals surface area (Å²) in [6.07, 6.45) is 1.05. The average molecular weight is 389 g/mol. The lowest BCUT2D eigenvalue weighted by Crippen LogP contribution is -2.48. The number of ether oxygens (including phenoxy) is 1. The first-order valence-corrected chi connectivity index (χ1v) is 9.39. The quantitative estimate of drug-likeness (QED) is 0.821. The molecular formula is C20H25BrN2O. The maximum Gasteiger partial charge on any atom is 0.141 e. The van der Waals surface area contributed by atoms with Crippen molar-refractivity contribution in [3.8, 4) is 11.5 Å². The number of aryl methyl sites for hydroxylation is 1. The number of hydrogen-bond acceptors (Lipinski definition) is 3. The Labute approximate surface area is 153 Å². The lowest BCUT2D eigenvalue weighted by Gasteiger charge is -2.32. The normalized spacial score (nSPS) is 16.8. The van der Waals surface area contributed by atoms with Crippen LogP contribution in [-0.2, 0) is 6.42 Å². The highest BCUT2D eigenvalue weighted by molar-refractivity contribution is 9.10. The topological polar surface area (TPSA) is 24.5 Å². The molecule has 0 aliphatic carbocycles. The van der Waals surface area contributed by atoms with Crippen molar-refractivity contribution in [1.29, 1.82) is 0 Å². The zero-order valence-corrected chi connectivity index (χ0v) is 16.0. The van der Waals surface area contributed by atoms with Gasteiger partial charge in [-0.1, -0.05) is 18.2 Å². The molecule has 1 fully saturated rings. The van der Waals surface area contributed by atoms with Gasteiger partial charge in [0.25, 0.3) is 0 Å². The van der Waals surface area contributed by atoms with Crippen molar-refractivity contribution in [1.82, 2.24) is 10.2 Å².